The molecule has 0 aromatic carbocycles. The second kappa shape index (κ2) is 3.73. The molecule has 0 saturated carbocycles. The third-order valence-corrected chi connectivity index (χ3v) is 3.05. The minimum Gasteiger partial charge on any atom is -0.338 e. The number of nitrogens with one attached hydrogen (secondary N) is 1. The van der Waals surface area contributed by atoms with E-state index in [2.05, 4.69) is 10.1 Å². The molecule has 1 saturated heterocycles. The van der Waals surface area contributed by atoms with Crippen LogP contribution in [-0.2, 0) is 0 Å². The van der Waals surface area contributed by atoms with Crippen molar-refractivity contribution >= 4 is 11.6 Å². The first-order valence-corrected chi connectivity index (χ1v) is 5.62. The van der Waals surface area contributed by atoms with Gasteiger partial charge in [0.25, 0.3) is 11.5 Å². The fourth-order valence-corrected chi connectivity index (χ4v) is 2.16. The van der Waals surface area contributed by atoms with Crippen LogP contribution in [0, 0.1) is 0 Å². The maximum atomic E-state index is 12.2. The summed E-state index contributed by atoms with van der Waals surface area (Å²) in [5, 5.41) is 2.75. The van der Waals surface area contributed by atoms with E-state index in [0.29, 0.717) is 11.2 Å². The number of nitrogens with zero attached hydrogens (tertiary/aromatic N) is 3. The van der Waals surface area contributed by atoms with Crippen LogP contribution >= 0.6 is 0 Å². The molecule has 1 fully saturated rings. The SMILES string of the molecule is O=C(c1c[nH]n2c(=O)ccnc12)N1CCCC1. The smallest absolute Gasteiger partial charge is 0.272 e. The molecule has 2 aromatic rings. The lowest BCUT2D eigenvalue weighted by Gasteiger charge is -2.13. The summed E-state index contributed by atoms with van der Waals surface area (Å²) in [5.74, 6) is -0.0562. The minimum absolute atomic E-state index is 0.0562. The van der Waals surface area contributed by atoms with Crippen LogP contribution < -0.4 is 5.56 Å². The summed E-state index contributed by atoms with van der Waals surface area (Å²) in [6.07, 6.45) is 5.06. The number of fused-ring (bicyclic) bond motifs is 1. The zero-order valence-corrected chi connectivity index (χ0v) is 9.22. The fraction of sp³-hybridized carbons (Fsp3) is 0.364. The highest BCUT2D eigenvalue weighted by Crippen LogP contribution is 2.14. The van der Waals surface area contributed by atoms with Crippen molar-refractivity contribution in [1.29, 1.82) is 0 Å². The summed E-state index contributed by atoms with van der Waals surface area (Å²) in [5.41, 5.74) is 0.648. The van der Waals surface area contributed by atoms with Crippen LogP contribution in [0.25, 0.3) is 5.65 Å². The van der Waals surface area contributed by atoms with Gasteiger partial charge in [0.05, 0.1) is 0 Å². The number of carbonyl (C=O) groups is 1. The van der Waals surface area contributed by atoms with Crippen molar-refractivity contribution in [1.82, 2.24) is 19.5 Å². The van der Waals surface area contributed by atoms with Crippen LogP contribution in [0.3, 0.4) is 0 Å². The van der Waals surface area contributed by atoms with E-state index in [1.54, 1.807) is 11.1 Å². The van der Waals surface area contributed by atoms with Gasteiger partial charge >= 0.3 is 0 Å². The minimum atomic E-state index is -0.213. The van der Waals surface area contributed by atoms with Crippen molar-refractivity contribution in [2.75, 3.05) is 13.1 Å². The van der Waals surface area contributed by atoms with Gasteiger partial charge in [-0.05, 0) is 12.8 Å². The predicted molar refractivity (Wildman–Crippen MR) is 61.0 cm³/mol. The average molecular weight is 232 g/mol. The van der Waals surface area contributed by atoms with Crippen LogP contribution in [0.1, 0.15) is 23.2 Å². The van der Waals surface area contributed by atoms with Crippen molar-refractivity contribution in [3.05, 3.63) is 34.4 Å². The van der Waals surface area contributed by atoms with Crippen LogP contribution in [0.2, 0.25) is 0 Å². The molecule has 1 N–H and O–H groups in total. The maximum absolute atomic E-state index is 12.2. The van der Waals surface area contributed by atoms with E-state index in [0.717, 1.165) is 25.9 Å². The Labute approximate surface area is 96.9 Å². The monoisotopic (exact) mass is 232 g/mol. The third-order valence-electron chi connectivity index (χ3n) is 3.05. The molecule has 1 aliphatic rings. The van der Waals surface area contributed by atoms with E-state index in [1.165, 1.54) is 16.8 Å². The Balaban J connectivity index is 2.08. The summed E-state index contributed by atoms with van der Waals surface area (Å²) >= 11 is 0. The van der Waals surface area contributed by atoms with Crippen molar-refractivity contribution < 1.29 is 4.79 Å². The third kappa shape index (κ3) is 1.52. The quantitative estimate of drug-likeness (QED) is 0.766. The normalized spacial score (nSPS) is 15.6. The molecule has 2 aromatic heterocycles. The zero-order chi connectivity index (χ0) is 11.8. The number of aromatic amines is 1. The van der Waals surface area contributed by atoms with Gasteiger partial charge in [0, 0.05) is 31.5 Å². The molecule has 88 valence electrons. The number of amides is 1. The molecule has 0 radical (unpaired) electrons. The van der Waals surface area contributed by atoms with Gasteiger partial charge in [-0.3, -0.25) is 14.7 Å². The fourth-order valence-electron chi connectivity index (χ4n) is 2.16. The van der Waals surface area contributed by atoms with Crippen molar-refractivity contribution in [3.63, 3.8) is 0 Å². The van der Waals surface area contributed by atoms with Crippen LogP contribution in [0.15, 0.2) is 23.3 Å². The molecule has 0 atom stereocenters. The largest absolute Gasteiger partial charge is 0.338 e. The highest BCUT2D eigenvalue weighted by molar-refractivity contribution is 5.99. The van der Waals surface area contributed by atoms with Gasteiger partial charge in [-0.15, -0.1) is 0 Å². The number of carbonyl (C=O) groups excluding carboxylic acids is 1. The molecule has 3 rings (SSSR count). The Kier molecular flexibility index (Phi) is 2.21. The first-order chi connectivity index (χ1) is 8.27. The van der Waals surface area contributed by atoms with E-state index >= 15 is 0 Å². The molecule has 6 nitrogen and oxygen atoms in total. The molecule has 0 bridgehead atoms. The van der Waals surface area contributed by atoms with E-state index in [1.807, 2.05) is 0 Å². The van der Waals surface area contributed by atoms with Crippen molar-refractivity contribution in [2.45, 2.75) is 12.8 Å². The van der Waals surface area contributed by atoms with Gasteiger partial charge < -0.3 is 4.90 Å². The molecule has 1 amide bonds. The standard InChI is InChI=1S/C11H12N4O2/c16-9-3-4-12-10-8(7-13-15(9)10)11(17)14-5-1-2-6-14/h3-4,7,13H,1-2,5-6H2. The number of aromatic nitrogens is 3. The van der Waals surface area contributed by atoms with E-state index in [9.17, 15) is 9.59 Å². The Hall–Kier alpha value is -2.11. The van der Waals surface area contributed by atoms with Crippen molar-refractivity contribution in [2.24, 2.45) is 0 Å². The lowest BCUT2D eigenvalue weighted by atomic mass is 10.3. The lowest BCUT2D eigenvalue weighted by Crippen LogP contribution is -2.27. The van der Waals surface area contributed by atoms with E-state index < -0.39 is 0 Å². The molecular formula is C11H12N4O2. The summed E-state index contributed by atoms with van der Waals surface area (Å²) in [6.45, 7) is 1.57. The topological polar surface area (TPSA) is 70.5 Å². The van der Waals surface area contributed by atoms with Gasteiger partial charge in [0.15, 0.2) is 5.65 Å². The number of hydrogen-bond donors (Lipinski definition) is 1. The summed E-state index contributed by atoms with van der Waals surface area (Å²) in [6, 6.07) is 1.35. The number of H-pyrrole nitrogens is 1. The van der Waals surface area contributed by atoms with Gasteiger partial charge in [-0.2, -0.15) is 0 Å². The van der Waals surface area contributed by atoms with Gasteiger partial charge in [-0.1, -0.05) is 0 Å². The summed E-state index contributed by atoms with van der Waals surface area (Å²) in [4.78, 5) is 29.6. The zero-order valence-electron chi connectivity index (χ0n) is 9.22. The Morgan fingerprint density at radius 3 is 2.88 bits per heavy atom. The second-order valence-electron chi connectivity index (χ2n) is 4.13. The Morgan fingerprint density at radius 1 is 1.35 bits per heavy atom. The number of hydrogen-bond acceptors (Lipinski definition) is 3. The maximum Gasteiger partial charge on any atom is 0.272 e. The highest BCUT2D eigenvalue weighted by Gasteiger charge is 2.22. The first-order valence-electron chi connectivity index (χ1n) is 5.62. The molecule has 6 heteroatoms. The number of rotatable bonds is 1. The molecular weight excluding hydrogens is 220 g/mol. The lowest BCUT2D eigenvalue weighted by molar-refractivity contribution is 0.0794. The predicted octanol–water partition coefficient (Wildman–Crippen LogP) is 0.259. The highest BCUT2D eigenvalue weighted by atomic mass is 16.2. The van der Waals surface area contributed by atoms with Crippen LogP contribution in [0.5, 0.6) is 0 Å². The van der Waals surface area contributed by atoms with E-state index in [-0.39, 0.29) is 11.5 Å². The Morgan fingerprint density at radius 2 is 2.12 bits per heavy atom. The summed E-state index contributed by atoms with van der Waals surface area (Å²) < 4.78 is 1.28. The first kappa shape index (κ1) is 10.1. The van der Waals surface area contributed by atoms with Gasteiger partial charge in [-0.25, -0.2) is 9.50 Å². The Bertz CT molecular complexity index is 622. The summed E-state index contributed by atoms with van der Waals surface area (Å²) in [7, 11) is 0. The molecule has 17 heavy (non-hydrogen) atoms. The van der Waals surface area contributed by atoms with Gasteiger partial charge in [0.1, 0.15) is 5.56 Å². The molecule has 3 heterocycles. The van der Waals surface area contributed by atoms with E-state index in [4.69, 9.17) is 0 Å². The average Bonchev–Trinajstić information content (AvgIpc) is 2.98. The molecule has 0 spiro atoms. The molecule has 0 unspecified atom stereocenters. The van der Waals surface area contributed by atoms with Crippen LogP contribution in [0.4, 0.5) is 0 Å². The van der Waals surface area contributed by atoms with Crippen molar-refractivity contribution in [3.8, 4) is 0 Å². The second-order valence-corrected chi connectivity index (χ2v) is 4.13. The number of likely N-dealkylation sites (tertiary alicyclic amines) is 1. The molecule has 0 aliphatic carbocycles. The van der Waals surface area contributed by atoms with Gasteiger partial charge in [0.2, 0.25) is 0 Å². The molecule has 1 aliphatic heterocycles. The van der Waals surface area contributed by atoms with Crippen LogP contribution in [-0.4, -0.2) is 38.5 Å².